The molecule has 0 unspecified atom stereocenters. The summed E-state index contributed by atoms with van der Waals surface area (Å²) < 4.78 is 0. The normalized spacial score (nSPS) is 10.4. The maximum atomic E-state index is 12.5. The van der Waals surface area contributed by atoms with E-state index >= 15 is 0 Å². The minimum atomic E-state index is -0.169. The van der Waals surface area contributed by atoms with E-state index in [1.54, 1.807) is 30.1 Å². The van der Waals surface area contributed by atoms with E-state index in [0.717, 1.165) is 12.0 Å². The number of rotatable bonds is 4. The fourth-order valence-electron chi connectivity index (χ4n) is 2.18. The summed E-state index contributed by atoms with van der Waals surface area (Å²) in [5, 5.41) is 0.383. The minimum absolute atomic E-state index is 0.169. The molecule has 4 heteroatoms. The summed E-state index contributed by atoms with van der Waals surface area (Å²) in [6, 6.07) is 13.3. The van der Waals surface area contributed by atoms with Gasteiger partial charge in [0.15, 0.2) is 0 Å². The summed E-state index contributed by atoms with van der Waals surface area (Å²) in [4.78, 5) is 14.1. The first-order valence-electron chi connectivity index (χ1n) is 6.90. The molecule has 0 saturated heterocycles. The highest BCUT2D eigenvalue weighted by Crippen LogP contribution is 2.23. The molecule has 1 amide bonds. The molecule has 2 rings (SSSR count). The number of anilines is 1. The summed E-state index contributed by atoms with van der Waals surface area (Å²) in [6.45, 7) is 2.64. The molecule has 0 aliphatic rings. The van der Waals surface area contributed by atoms with E-state index < -0.39 is 0 Å². The van der Waals surface area contributed by atoms with Crippen LogP contribution in [-0.4, -0.2) is 17.9 Å². The molecule has 0 heterocycles. The van der Waals surface area contributed by atoms with Gasteiger partial charge in [-0.15, -0.1) is 0 Å². The lowest BCUT2D eigenvalue weighted by molar-refractivity contribution is 0.0786. The van der Waals surface area contributed by atoms with Gasteiger partial charge >= 0.3 is 0 Å². The number of hydrogen-bond donors (Lipinski definition) is 1. The van der Waals surface area contributed by atoms with Crippen molar-refractivity contribution >= 4 is 23.2 Å². The van der Waals surface area contributed by atoms with Gasteiger partial charge in [0.2, 0.25) is 0 Å². The Kier molecular flexibility index (Phi) is 4.86. The van der Waals surface area contributed by atoms with E-state index in [4.69, 9.17) is 17.3 Å². The van der Waals surface area contributed by atoms with Crippen LogP contribution in [0.4, 0.5) is 5.69 Å². The third-order valence-electron chi connectivity index (χ3n) is 3.46. The van der Waals surface area contributed by atoms with Gasteiger partial charge in [0.05, 0.1) is 10.6 Å². The SMILES string of the molecule is CCc1ccc(CN(C)C(=O)c2c(N)cccc2Cl)cc1. The zero-order valence-corrected chi connectivity index (χ0v) is 13.0. The highest BCUT2D eigenvalue weighted by Gasteiger charge is 2.18. The van der Waals surface area contributed by atoms with E-state index in [9.17, 15) is 4.79 Å². The second kappa shape index (κ2) is 6.64. The van der Waals surface area contributed by atoms with Crippen LogP contribution >= 0.6 is 11.6 Å². The molecule has 0 saturated carbocycles. The van der Waals surface area contributed by atoms with Crippen molar-refractivity contribution in [1.29, 1.82) is 0 Å². The number of carbonyl (C=O) groups excluding carboxylic acids is 1. The van der Waals surface area contributed by atoms with Crippen LogP contribution in [0.15, 0.2) is 42.5 Å². The van der Waals surface area contributed by atoms with Crippen molar-refractivity contribution in [3.05, 3.63) is 64.2 Å². The average molecular weight is 303 g/mol. The molecule has 21 heavy (non-hydrogen) atoms. The number of nitrogens with two attached hydrogens (primary N) is 1. The Bertz CT molecular complexity index is 617. The van der Waals surface area contributed by atoms with Gasteiger partial charge in [-0.2, -0.15) is 0 Å². The first-order valence-corrected chi connectivity index (χ1v) is 7.28. The van der Waals surface area contributed by atoms with Gasteiger partial charge < -0.3 is 10.6 Å². The fraction of sp³-hybridized carbons (Fsp3) is 0.235. The van der Waals surface area contributed by atoms with Gasteiger partial charge in [-0.05, 0) is 29.7 Å². The van der Waals surface area contributed by atoms with Crippen molar-refractivity contribution in [3.63, 3.8) is 0 Å². The van der Waals surface area contributed by atoms with Gasteiger partial charge in [0.1, 0.15) is 0 Å². The van der Waals surface area contributed by atoms with E-state index in [0.29, 0.717) is 22.8 Å². The Morgan fingerprint density at radius 3 is 2.33 bits per heavy atom. The minimum Gasteiger partial charge on any atom is -0.398 e. The molecule has 0 atom stereocenters. The highest BCUT2D eigenvalue weighted by molar-refractivity contribution is 6.34. The van der Waals surface area contributed by atoms with Gasteiger partial charge in [0, 0.05) is 19.3 Å². The fourth-order valence-corrected chi connectivity index (χ4v) is 2.45. The lowest BCUT2D eigenvalue weighted by Gasteiger charge is -2.19. The molecule has 0 aromatic heterocycles. The Labute approximate surface area is 130 Å². The summed E-state index contributed by atoms with van der Waals surface area (Å²) in [5.41, 5.74) is 8.99. The lowest BCUT2D eigenvalue weighted by Crippen LogP contribution is -2.27. The van der Waals surface area contributed by atoms with Crippen LogP contribution in [0.1, 0.15) is 28.4 Å². The number of halogens is 1. The quantitative estimate of drug-likeness (QED) is 0.874. The molecule has 0 bridgehead atoms. The third kappa shape index (κ3) is 3.56. The van der Waals surface area contributed by atoms with Crippen LogP contribution in [0.3, 0.4) is 0 Å². The predicted octanol–water partition coefficient (Wildman–Crippen LogP) is 3.76. The maximum Gasteiger partial charge on any atom is 0.257 e. The Morgan fingerprint density at radius 2 is 1.76 bits per heavy atom. The zero-order valence-electron chi connectivity index (χ0n) is 12.3. The van der Waals surface area contributed by atoms with E-state index in [2.05, 4.69) is 19.1 Å². The molecule has 0 radical (unpaired) electrons. The number of carbonyl (C=O) groups is 1. The number of benzene rings is 2. The van der Waals surface area contributed by atoms with E-state index in [1.807, 2.05) is 12.1 Å². The molecular formula is C17H19ClN2O. The molecule has 110 valence electrons. The van der Waals surface area contributed by atoms with Crippen molar-refractivity contribution < 1.29 is 4.79 Å². The van der Waals surface area contributed by atoms with E-state index in [-0.39, 0.29) is 5.91 Å². The molecule has 2 N–H and O–H groups in total. The molecule has 0 aliphatic heterocycles. The molecule has 0 aliphatic carbocycles. The highest BCUT2D eigenvalue weighted by atomic mass is 35.5. The standard InChI is InChI=1S/C17H19ClN2O/c1-3-12-7-9-13(10-8-12)11-20(2)17(21)16-14(18)5-4-6-15(16)19/h4-10H,3,11,19H2,1-2H3. The van der Waals surface area contributed by atoms with Crippen molar-refractivity contribution in [1.82, 2.24) is 4.90 Å². The molecule has 2 aromatic rings. The van der Waals surface area contributed by atoms with Gasteiger partial charge in [-0.25, -0.2) is 0 Å². The number of nitrogens with zero attached hydrogens (tertiary/aromatic N) is 1. The van der Waals surface area contributed by atoms with Crippen molar-refractivity contribution in [2.75, 3.05) is 12.8 Å². The van der Waals surface area contributed by atoms with Gasteiger partial charge in [-0.1, -0.05) is 48.9 Å². The Balaban J connectivity index is 2.15. The number of aryl methyl sites for hydroxylation is 1. The van der Waals surface area contributed by atoms with Crippen LogP contribution in [0.25, 0.3) is 0 Å². The largest absolute Gasteiger partial charge is 0.398 e. The summed E-state index contributed by atoms with van der Waals surface area (Å²) in [5.74, 6) is -0.169. The van der Waals surface area contributed by atoms with Crippen molar-refractivity contribution in [2.24, 2.45) is 0 Å². The molecule has 2 aromatic carbocycles. The molecule has 0 spiro atoms. The number of nitrogen functional groups attached to an aromatic ring is 1. The molecule has 3 nitrogen and oxygen atoms in total. The van der Waals surface area contributed by atoms with Gasteiger partial charge in [0.25, 0.3) is 5.91 Å². The number of hydrogen-bond acceptors (Lipinski definition) is 2. The Morgan fingerprint density at radius 1 is 1.14 bits per heavy atom. The second-order valence-electron chi connectivity index (χ2n) is 5.04. The maximum absolute atomic E-state index is 12.5. The zero-order chi connectivity index (χ0) is 15.4. The predicted molar refractivity (Wildman–Crippen MR) is 87.5 cm³/mol. The third-order valence-corrected chi connectivity index (χ3v) is 3.77. The molecular weight excluding hydrogens is 284 g/mol. The number of amides is 1. The van der Waals surface area contributed by atoms with Crippen molar-refractivity contribution in [3.8, 4) is 0 Å². The van der Waals surface area contributed by atoms with Crippen LogP contribution in [0, 0.1) is 0 Å². The monoisotopic (exact) mass is 302 g/mol. The topological polar surface area (TPSA) is 46.3 Å². The lowest BCUT2D eigenvalue weighted by atomic mass is 10.1. The summed E-state index contributed by atoms with van der Waals surface area (Å²) >= 11 is 6.08. The van der Waals surface area contributed by atoms with E-state index in [1.165, 1.54) is 5.56 Å². The van der Waals surface area contributed by atoms with Crippen LogP contribution in [0.5, 0.6) is 0 Å². The van der Waals surface area contributed by atoms with Crippen LogP contribution in [0.2, 0.25) is 5.02 Å². The first-order chi connectivity index (χ1) is 10.0. The second-order valence-corrected chi connectivity index (χ2v) is 5.44. The smallest absolute Gasteiger partial charge is 0.257 e. The first kappa shape index (κ1) is 15.4. The van der Waals surface area contributed by atoms with Crippen molar-refractivity contribution in [2.45, 2.75) is 19.9 Å². The van der Waals surface area contributed by atoms with Crippen LogP contribution in [-0.2, 0) is 13.0 Å². The van der Waals surface area contributed by atoms with Crippen LogP contribution < -0.4 is 5.73 Å². The summed E-state index contributed by atoms with van der Waals surface area (Å²) in [7, 11) is 1.75. The average Bonchev–Trinajstić information content (AvgIpc) is 2.47. The Hall–Kier alpha value is -2.00. The van der Waals surface area contributed by atoms with Gasteiger partial charge in [-0.3, -0.25) is 4.79 Å². The molecule has 0 fully saturated rings. The summed E-state index contributed by atoms with van der Waals surface area (Å²) in [6.07, 6.45) is 1.01.